The predicted molar refractivity (Wildman–Crippen MR) is 301 cm³/mol. The van der Waals surface area contributed by atoms with Crippen LogP contribution in [0.4, 0.5) is 0 Å². The first kappa shape index (κ1) is 67.3. The van der Waals surface area contributed by atoms with Crippen LogP contribution in [0.1, 0.15) is 341 Å². The zero-order chi connectivity index (χ0) is 50.0. The molecule has 0 spiro atoms. The van der Waals surface area contributed by atoms with Crippen LogP contribution in [-0.2, 0) is 14.3 Å². The van der Waals surface area contributed by atoms with Crippen molar-refractivity contribution in [2.45, 2.75) is 353 Å². The standard InChI is InChI=1S/C63H121NO5/c1-3-5-7-9-11-13-15-16-32-36-39-43-47-51-55-61(66)60(59-65)64-62(67)56-52-48-44-40-37-33-30-28-26-24-22-20-18-17-19-21-23-25-27-29-31-34-38-42-46-50-54-58-69-63(68)57-53-49-45-41-35-14-12-10-8-6-4-2/h17-18,21,23,60-61,65-66H,3-16,19-20,22,24-59H2,1-2H3,(H,64,67)/b18-17-,23-21-. The van der Waals surface area contributed by atoms with Gasteiger partial charge in [-0.1, -0.05) is 295 Å². The molecule has 0 aromatic carbocycles. The van der Waals surface area contributed by atoms with E-state index in [1.807, 2.05) is 0 Å². The normalized spacial score (nSPS) is 12.7. The number of amides is 1. The maximum atomic E-state index is 12.5. The second-order valence-corrected chi connectivity index (χ2v) is 21.4. The van der Waals surface area contributed by atoms with Crippen molar-refractivity contribution in [2.75, 3.05) is 13.2 Å². The maximum absolute atomic E-state index is 12.5. The quantitative estimate of drug-likeness (QED) is 0.0321. The highest BCUT2D eigenvalue weighted by Crippen LogP contribution is 2.17. The fraction of sp³-hybridized carbons (Fsp3) is 0.905. The van der Waals surface area contributed by atoms with Crippen LogP contribution in [0, 0.1) is 0 Å². The molecule has 2 unspecified atom stereocenters. The molecule has 0 rings (SSSR count). The van der Waals surface area contributed by atoms with Crippen LogP contribution in [0.3, 0.4) is 0 Å². The lowest BCUT2D eigenvalue weighted by Gasteiger charge is -2.22. The van der Waals surface area contributed by atoms with Crippen LogP contribution >= 0.6 is 0 Å². The number of esters is 1. The van der Waals surface area contributed by atoms with Gasteiger partial charge in [0.15, 0.2) is 0 Å². The molecule has 3 N–H and O–H groups in total. The van der Waals surface area contributed by atoms with Gasteiger partial charge in [0.05, 0.1) is 25.4 Å². The van der Waals surface area contributed by atoms with E-state index >= 15 is 0 Å². The lowest BCUT2D eigenvalue weighted by Crippen LogP contribution is -2.45. The maximum Gasteiger partial charge on any atom is 0.305 e. The van der Waals surface area contributed by atoms with E-state index in [9.17, 15) is 19.8 Å². The first-order valence-corrected chi connectivity index (χ1v) is 31.1. The molecular weight excluding hydrogens is 851 g/mol. The second kappa shape index (κ2) is 58.9. The van der Waals surface area contributed by atoms with Crippen LogP contribution in [0.25, 0.3) is 0 Å². The minimum atomic E-state index is -0.665. The van der Waals surface area contributed by atoms with Crippen molar-refractivity contribution >= 4 is 11.9 Å². The van der Waals surface area contributed by atoms with Gasteiger partial charge in [-0.15, -0.1) is 0 Å². The third-order valence-corrected chi connectivity index (χ3v) is 14.5. The van der Waals surface area contributed by atoms with Gasteiger partial charge in [0.1, 0.15) is 0 Å². The largest absolute Gasteiger partial charge is 0.466 e. The zero-order valence-electron chi connectivity index (χ0n) is 46.6. The van der Waals surface area contributed by atoms with E-state index in [0.29, 0.717) is 25.9 Å². The van der Waals surface area contributed by atoms with E-state index in [4.69, 9.17) is 4.74 Å². The Labute approximate surface area is 431 Å². The third kappa shape index (κ3) is 55.5. The number of aliphatic hydroxyl groups excluding tert-OH is 2. The minimum Gasteiger partial charge on any atom is -0.466 e. The van der Waals surface area contributed by atoms with Crippen LogP contribution < -0.4 is 5.32 Å². The van der Waals surface area contributed by atoms with Crippen molar-refractivity contribution in [1.29, 1.82) is 0 Å². The number of hydrogen-bond acceptors (Lipinski definition) is 5. The molecule has 0 bridgehead atoms. The van der Waals surface area contributed by atoms with E-state index in [2.05, 4.69) is 43.5 Å². The van der Waals surface area contributed by atoms with Gasteiger partial charge < -0.3 is 20.3 Å². The van der Waals surface area contributed by atoms with E-state index < -0.39 is 12.1 Å². The molecule has 0 saturated carbocycles. The molecule has 6 nitrogen and oxygen atoms in total. The topological polar surface area (TPSA) is 95.9 Å². The first-order valence-electron chi connectivity index (χ1n) is 31.1. The molecule has 1 amide bonds. The third-order valence-electron chi connectivity index (χ3n) is 14.5. The van der Waals surface area contributed by atoms with Crippen molar-refractivity contribution in [2.24, 2.45) is 0 Å². The molecule has 0 aliphatic heterocycles. The van der Waals surface area contributed by atoms with Crippen molar-refractivity contribution in [3.8, 4) is 0 Å². The summed E-state index contributed by atoms with van der Waals surface area (Å²) in [5, 5.41) is 23.3. The van der Waals surface area contributed by atoms with E-state index in [1.165, 1.54) is 263 Å². The van der Waals surface area contributed by atoms with Crippen LogP contribution in [-0.4, -0.2) is 47.4 Å². The Balaban J connectivity index is 3.41. The Hall–Kier alpha value is -1.66. The zero-order valence-corrected chi connectivity index (χ0v) is 46.6. The van der Waals surface area contributed by atoms with Gasteiger partial charge in [-0.2, -0.15) is 0 Å². The summed E-state index contributed by atoms with van der Waals surface area (Å²) in [7, 11) is 0. The van der Waals surface area contributed by atoms with Gasteiger partial charge in [-0.05, 0) is 57.8 Å². The van der Waals surface area contributed by atoms with Gasteiger partial charge in [-0.3, -0.25) is 9.59 Å². The molecular formula is C63H121NO5. The van der Waals surface area contributed by atoms with E-state index in [0.717, 1.165) is 44.9 Å². The Morgan fingerprint density at radius 1 is 0.406 bits per heavy atom. The fourth-order valence-corrected chi connectivity index (χ4v) is 9.73. The Bertz CT molecular complexity index is 1080. The van der Waals surface area contributed by atoms with Crippen molar-refractivity contribution in [3.63, 3.8) is 0 Å². The molecule has 0 aromatic heterocycles. The number of rotatable bonds is 58. The first-order chi connectivity index (χ1) is 34.0. The number of unbranched alkanes of at least 4 members (excludes halogenated alkanes) is 43. The highest BCUT2D eigenvalue weighted by atomic mass is 16.5. The lowest BCUT2D eigenvalue weighted by atomic mass is 10.0. The molecule has 6 heteroatoms. The fourth-order valence-electron chi connectivity index (χ4n) is 9.73. The van der Waals surface area contributed by atoms with Crippen molar-refractivity contribution < 1.29 is 24.5 Å². The number of hydrogen-bond donors (Lipinski definition) is 3. The summed E-state index contributed by atoms with van der Waals surface area (Å²) in [6, 6.07) is -0.543. The molecule has 2 atom stereocenters. The number of carbonyl (C=O) groups excluding carboxylic acids is 2. The molecule has 0 aliphatic carbocycles. The molecule has 0 aromatic rings. The molecule has 408 valence electrons. The monoisotopic (exact) mass is 972 g/mol. The Morgan fingerprint density at radius 2 is 0.725 bits per heavy atom. The number of nitrogens with one attached hydrogen (secondary N) is 1. The van der Waals surface area contributed by atoms with Gasteiger partial charge in [0.25, 0.3) is 0 Å². The summed E-state index contributed by atoms with van der Waals surface area (Å²) in [4.78, 5) is 24.5. The van der Waals surface area contributed by atoms with Crippen LogP contribution in [0.15, 0.2) is 24.3 Å². The highest BCUT2D eigenvalue weighted by Gasteiger charge is 2.20. The van der Waals surface area contributed by atoms with Gasteiger partial charge in [0, 0.05) is 12.8 Å². The molecule has 0 aliphatic rings. The summed E-state index contributed by atoms with van der Waals surface area (Å²) in [5.74, 6) is -0.0260. The number of carbonyl (C=O) groups is 2. The summed E-state index contributed by atoms with van der Waals surface area (Å²) in [6.07, 6.45) is 71.9. The molecule has 0 heterocycles. The SMILES string of the molecule is CCCCCCCCCCCCCCCCC(O)C(CO)NC(=O)CCCCCCCCCCCCC/C=C\C/C=C\CCCCCCCCCCCOC(=O)CCCCCCCCCCCCC. The van der Waals surface area contributed by atoms with E-state index in [1.54, 1.807) is 0 Å². The van der Waals surface area contributed by atoms with Gasteiger partial charge in [-0.25, -0.2) is 0 Å². The Morgan fingerprint density at radius 3 is 1.10 bits per heavy atom. The van der Waals surface area contributed by atoms with Crippen molar-refractivity contribution in [3.05, 3.63) is 24.3 Å². The smallest absolute Gasteiger partial charge is 0.305 e. The Kier molecular flexibility index (Phi) is 57.5. The summed E-state index contributed by atoms with van der Waals surface area (Å²) in [5.41, 5.74) is 0. The minimum absolute atomic E-state index is 0.0105. The number of allylic oxidation sites excluding steroid dienone is 4. The van der Waals surface area contributed by atoms with Gasteiger partial charge >= 0.3 is 5.97 Å². The molecule has 0 fully saturated rings. The average molecular weight is 973 g/mol. The lowest BCUT2D eigenvalue weighted by molar-refractivity contribution is -0.143. The molecule has 69 heavy (non-hydrogen) atoms. The number of aliphatic hydroxyl groups is 2. The predicted octanol–water partition coefficient (Wildman–Crippen LogP) is 19.4. The molecule has 0 saturated heterocycles. The summed E-state index contributed by atoms with van der Waals surface area (Å²) >= 11 is 0. The number of ether oxygens (including phenoxy) is 1. The highest BCUT2D eigenvalue weighted by molar-refractivity contribution is 5.76. The molecule has 0 radical (unpaired) electrons. The van der Waals surface area contributed by atoms with Crippen LogP contribution in [0.5, 0.6) is 0 Å². The average Bonchev–Trinajstić information content (AvgIpc) is 3.35. The van der Waals surface area contributed by atoms with Gasteiger partial charge in [0.2, 0.25) is 5.91 Å². The van der Waals surface area contributed by atoms with E-state index in [-0.39, 0.29) is 18.5 Å². The van der Waals surface area contributed by atoms with Crippen molar-refractivity contribution in [1.82, 2.24) is 5.32 Å². The summed E-state index contributed by atoms with van der Waals surface area (Å²) in [6.45, 7) is 4.96. The summed E-state index contributed by atoms with van der Waals surface area (Å²) < 4.78 is 5.46. The second-order valence-electron chi connectivity index (χ2n) is 21.4. The van der Waals surface area contributed by atoms with Crippen LogP contribution in [0.2, 0.25) is 0 Å².